The van der Waals surface area contributed by atoms with E-state index in [-0.39, 0.29) is 6.03 Å². The van der Waals surface area contributed by atoms with Crippen molar-refractivity contribution in [3.63, 3.8) is 0 Å². The van der Waals surface area contributed by atoms with Crippen molar-refractivity contribution in [3.05, 3.63) is 35.9 Å². The van der Waals surface area contributed by atoms with Crippen molar-refractivity contribution in [1.29, 1.82) is 0 Å². The van der Waals surface area contributed by atoms with Gasteiger partial charge < -0.3 is 15.1 Å². The molecule has 1 N–H and O–H groups in total. The predicted molar refractivity (Wildman–Crippen MR) is 102 cm³/mol. The molecule has 1 aromatic carbocycles. The summed E-state index contributed by atoms with van der Waals surface area (Å²) in [5.41, 5.74) is 1.35. The van der Waals surface area contributed by atoms with Gasteiger partial charge in [-0.2, -0.15) is 0 Å². The van der Waals surface area contributed by atoms with E-state index in [0.717, 1.165) is 45.8 Å². The van der Waals surface area contributed by atoms with Crippen LogP contribution in [0.15, 0.2) is 30.3 Å². The highest BCUT2D eigenvalue weighted by molar-refractivity contribution is 5.74. The zero-order valence-electron chi connectivity index (χ0n) is 15.5. The number of hydrogen-bond donors (Lipinski definition) is 1. The molecule has 0 spiro atoms. The average Bonchev–Trinajstić information content (AvgIpc) is 3.09. The van der Waals surface area contributed by atoms with E-state index in [1.54, 1.807) is 0 Å². The van der Waals surface area contributed by atoms with Crippen LogP contribution in [-0.4, -0.2) is 73.1 Å². The van der Waals surface area contributed by atoms with Gasteiger partial charge in [-0.1, -0.05) is 37.3 Å². The molecule has 5 nitrogen and oxygen atoms in total. The summed E-state index contributed by atoms with van der Waals surface area (Å²) in [5.74, 6) is 0.620. The molecule has 2 aliphatic heterocycles. The fourth-order valence-electron chi connectivity index (χ4n) is 3.89. The van der Waals surface area contributed by atoms with E-state index in [9.17, 15) is 4.79 Å². The van der Waals surface area contributed by atoms with E-state index in [0.29, 0.717) is 5.92 Å². The topological polar surface area (TPSA) is 38.8 Å². The molecule has 2 amide bonds. The molecule has 0 bridgehead atoms. The number of amides is 2. The van der Waals surface area contributed by atoms with Crippen LogP contribution >= 0.6 is 0 Å². The Hall–Kier alpha value is -1.59. The number of likely N-dealkylation sites (tertiary alicyclic amines) is 1. The average molecular weight is 345 g/mol. The third-order valence-corrected chi connectivity index (χ3v) is 5.36. The largest absolute Gasteiger partial charge is 0.338 e. The molecule has 0 radical (unpaired) electrons. The number of piperazine rings is 1. The Morgan fingerprint density at radius 1 is 1.08 bits per heavy atom. The quantitative estimate of drug-likeness (QED) is 0.860. The normalized spacial score (nSPS) is 22.3. The van der Waals surface area contributed by atoms with Gasteiger partial charge >= 0.3 is 6.03 Å². The van der Waals surface area contributed by atoms with Crippen molar-refractivity contribution in [2.75, 3.05) is 52.4 Å². The van der Waals surface area contributed by atoms with E-state index < -0.39 is 0 Å². The second kappa shape index (κ2) is 9.20. The Bertz CT molecular complexity index is 528. The first-order valence-electron chi connectivity index (χ1n) is 9.76. The van der Waals surface area contributed by atoms with Crippen molar-refractivity contribution in [2.24, 2.45) is 5.92 Å². The lowest BCUT2D eigenvalue weighted by Gasteiger charge is -2.35. The summed E-state index contributed by atoms with van der Waals surface area (Å²) in [6.07, 6.45) is 2.43. The third-order valence-electron chi connectivity index (χ3n) is 5.36. The minimum atomic E-state index is 0.119. The predicted octanol–water partition coefficient (Wildman–Crippen LogP) is 2.25. The summed E-state index contributed by atoms with van der Waals surface area (Å²) in [6.45, 7) is 11.1. The Morgan fingerprint density at radius 2 is 1.84 bits per heavy atom. The molecular weight excluding hydrogens is 312 g/mol. The van der Waals surface area contributed by atoms with Crippen LogP contribution in [0.2, 0.25) is 0 Å². The summed E-state index contributed by atoms with van der Waals surface area (Å²) in [5, 5.41) is 3.16. The van der Waals surface area contributed by atoms with Gasteiger partial charge in [0, 0.05) is 45.8 Å². The fourth-order valence-corrected chi connectivity index (χ4v) is 3.89. The molecule has 0 unspecified atom stereocenters. The van der Waals surface area contributed by atoms with Crippen molar-refractivity contribution < 1.29 is 4.79 Å². The number of benzene rings is 1. The van der Waals surface area contributed by atoms with Crippen molar-refractivity contribution in [1.82, 2.24) is 20.0 Å². The van der Waals surface area contributed by atoms with Crippen molar-refractivity contribution >= 4 is 6.03 Å². The first kappa shape index (κ1) is 18.2. The summed E-state index contributed by atoms with van der Waals surface area (Å²) in [7, 11) is 0. The molecule has 3 rings (SSSR count). The summed E-state index contributed by atoms with van der Waals surface area (Å²) in [4.78, 5) is 19.3. The fraction of sp³-hybridized carbons (Fsp3) is 0.650. The molecule has 0 aliphatic carbocycles. The van der Waals surface area contributed by atoms with Crippen molar-refractivity contribution in [3.8, 4) is 0 Å². The van der Waals surface area contributed by atoms with Gasteiger partial charge in [0.1, 0.15) is 0 Å². The summed E-state index contributed by atoms with van der Waals surface area (Å²) >= 11 is 0. The van der Waals surface area contributed by atoms with Crippen molar-refractivity contribution in [2.45, 2.75) is 26.3 Å². The van der Waals surface area contributed by atoms with Gasteiger partial charge in [0.25, 0.3) is 0 Å². The van der Waals surface area contributed by atoms with Gasteiger partial charge in [0.2, 0.25) is 0 Å². The molecule has 2 aliphatic rings. The van der Waals surface area contributed by atoms with Crippen LogP contribution in [0.3, 0.4) is 0 Å². The SMILES string of the molecule is CCCN1CC[C@H](CNC(=O)N2CCN(Cc3ccccc3)CC2)C1. The van der Waals surface area contributed by atoms with Crippen LogP contribution in [-0.2, 0) is 6.54 Å². The molecule has 0 aromatic heterocycles. The van der Waals surface area contributed by atoms with E-state index in [2.05, 4.69) is 52.4 Å². The lowest BCUT2D eigenvalue weighted by atomic mass is 10.1. The molecule has 2 saturated heterocycles. The smallest absolute Gasteiger partial charge is 0.317 e. The minimum absolute atomic E-state index is 0.119. The molecule has 138 valence electrons. The first-order chi connectivity index (χ1) is 12.2. The Labute approximate surface area is 152 Å². The van der Waals surface area contributed by atoms with E-state index in [1.165, 1.54) is 31.5 Å². The maximum Gasteiger partial charge on any atom is 0.317 e. The van der Waals surface area contributed by atoms with Crippen LogP contribution < -0.4 is 5.32 Å². The van der Waals surface area contributed by atoms with E-state index in [4.69, 9.17) is 0 Å². The third kappa shape index (κ3) is 5.44. The Balaban J connectivity index is 1.34. The highest BCUT2D eigenvalue weighted by atomic mass is 16.2. The molecule has 1 aromatic rings. The van der Waals surface area contributed by atoms with Gasteiger partial charge in [-0.05, 0) is 37.4 Å². The highest BCUT2D eigenvalue weighted by Crippen LogP contribution is 2.15. The lowest BCUT2D eigenvalue weighted by molar-refractivity contribution is 0.134. The van der Waals surface area contributed by atoms with Gasteiger partial charge in [-0.15, -0.1) is 0 Å². The van der Waals surface area contributed by atoms with Crippen LogP contribution in [0.25, 0.3) is 0 Å². The number of carbonyl (C=O) groups is 1. The summed E-state index contributed by atoms with van der Waals surface area (Å²) in [6, 6.07) is 10.7. The van der Waals surface area contributed by atoms with Crippen LogP contribution in [0.5, 0.6) is 0 Å². The number of nitrogens with zero attached hydrogens (tertiary/aromatic N) is 3. The monoisotopic (exact) mass is 344 g/mol. The van der Waals surface area contributed by atoms with Gasteiger partial charge in [0.05, 0.1) is 0 Å². The maximum atomic E-state index is 12.4. The standard InChI is InChI=1S/C20H32N4O/c1-2-9-22-10-8-19(17-22)15-21-20(25)24-13-11-23(12-14-24)16-18-6-4-3-5-7-18/h3-7,19H,2,8-17H2,1H3,(H,21,25)/t19-/m1/s1. The maximum absolute atomic E-state index is 12.4. The van der Waals surface area contributed by atoms with E-state index in [1.807, 2.05) is 4.90 Å². The van der Waals surface area contributed by atoms with Crippen LogP contribution in [0.1, 0.15) is 25.3 Å². The molecule has 2 fully saturated rings. The number of urea groups is 1. The second-order valence-electron chi connectivity index (χ2n) is 7.39. The number of rotatable bonds is 6. The summed E-state index contributed by atoms with van der Waals surface area (Å²) < 4.78 is 0. The zero-order chi connectivity index (χ0) is 17.5. The second-order valence-corrected chi connectivity index (χ2v) is 7.39. The lowest BCUT2D eigenvalue weighted by Crippen LogP contribution is -2.52. The molecule has 2 heterocycles. The first-order valence-corrected chi connectivity index (χ1v) is 9.76. The number of hydrogen-bond acceptors (Lipinski definition) is 3. The molecule has 25 heavy (non-hydrogen) atoms. The van der Waals surface area contributed by atoms with Gasteiger partial charge in [-0.3, -0.25) is 4.90 Å². The highest BCUT2D eigenvalue weighted by Gasteiger charge is 2.24. The number of nitrogens with one attached hydrogen (secondary N) is 1. The minimum Gasteiger partial charge on any atom is -0.338 e. The Kier molecular flexibility index (Phi) is 6.70. The zero-order valence-corrected chi connectivity index (χ0v) is 15.5. The van der Waals surface area contributed by atoms with Gasteiger partial charge in [-0.25, -0.2) is 4.79 Å². The van der Waals surface area contributed by atoms with E-state index >= 15 is 0 Å². The molecule has 0 saturated carbocycles. The van der Waals surface area contributed by atoms with Crippen LogP contribution in [0, 0.1) is 5.92 Å². The van der Waals surface area contributed by atoms with Crippen LogP contribution in [0.4, 0.5) is 4.79 Å². The Morgan fingerprint density at radius 3 is 2.56 bits per heavy atom. The molecule has 1 atom stereocenters. The number of carbonyl (C=O) groups excluding carboxylic acids is 1. The molecular formula is C20H32N4O. The molecule has 5 heteroatoms. The van der Waals surface area contributed by atoms with Gasteiger partial charge in [0.15, 0.2) is 0 Å².